The first-order chi connectivity index (χ1) is 10.1. The number of nitrogens with zero attached hydrogens (tertiary/aromatic N) is 1. The molecule has 21 heavy (non-hydrogen) atoms. The van der Waals surface area contributed by atoms with Crippen LogP contribution in [0.3, 0.4) is 0 Å². The molecule has 108 valence electrons. The molecule has 0 fully saturated rings. The summed E-state index contributed by atoms with van der Waals surface area (Å²) in [6, 6.07) is 10.6. The Morgan fingerprint density at radius 2 is 2.00 bits per heavy atom. The molecule has 0 saturated heterocycles. The fourth-order valence-electron chi connectivity index (χ4n) is 1.59. The van der Waals surface area contributed by atoms with Gasteiger partial charge in [-0.3, -0.25) is 9.59 Å². The summed E-state index contributed by atoms with van der Waals surface area (Å²) in [6.07, 6.45) is 1.59. The van der Waals surface area contributed by atoms with Crippen molar-refractivity contribution in [3.63, 3.8) is 0 Å². The van der Waals surface area contributed by atoms with Crippen molar-refractivity contribution in [2.45, 2.75) is 4.90 Å². The highest BCUT2D eigenvalue weighted by molar-refractivity contribution is 9.10. The summed E-state index contributed by atoms with van der Waals surface area (Å²) in [5.41, 5.74) is 6.21. The number of benzene rings is 1. The number of nitrogens with two attached hydrogens (primary N) is 1. The minimum Gasteiger partial charge on any atom is -0.369 e. The maximum Gasteiger partial charge on any atom is 0.258 e. The first kappa shape index (κ1) is 15.5. The van der Waals surface area contributed by atoms with Crippen LogP contribution >= 0.6 is 27.7 Å². The van der Waals surface area contributed by atoms with Crippen molar-refractivity contribution in [3.8, 4) is 0 Å². The number of halogens is 1. The number of carbonyl (C=O) groups excluding carboxylic acids is 2. The zero-order chi connectivity index (χ0) is 15.2. The Morgan fingerprint density at radius 1 is 1.24 bits per heavy atom. The van der Waals surface area contributed by atoms with Gasteiger partial charge in [0.2, 0.25) is 5.91 Å². The number of hydrogen-bond acceptors (Lipinski definition) is 4. The number of para-hydroxylation sites is 1. The molecule has 2 amide bonds. The van der Waals surface area contributed by atoms with Gasteiger partial charge in [0.15, 0.2) is 0 Å². The number of pyridine rings is 1. The highest BCUT2D eigenvalue weighted by Gasteiger charge is 2.12. The van der Waals surface area contributed by atoms with E-state index in [0.29, 0.717) is 15.9 Å². The van der Waals surface area contributed by atoms with Gasteiger partial charge in [-0.2, -0.15) is 0 Å². The monoisotopic (exact) mass is 365 g/mol. The molecule has 1 aromatic heterocycles. The van der Waals surface area contributed by atoms with Crippen LogP contribution in [0.1, 0.15) is 10.4 Å². The van der Waals surface area contributed by atoms with Crippen molar-refractivity contribution in [1.82, 2.24) is 4.98 Å². The van der Waals surface area contributed by atoms with E-state index >= 15 is 0 Å². The van der Waals surface area contributed by atoms with Crippen LogP contribution in [0.5, 0.6) is 0 Å². The summed E-state index contributed by atoms with van der Waals surface area (Å²) in [5, 5.41) is 2.81. The summed E-state index contributed by atoms with van der Waals surface area (Å²) >= 11 is 4.52. The molecule has 1 aromatic carbocycles. The zero-order valence-electron chi connectivity index (χ0n) is 10.9. The standard InChI is InChI=1S/C14H12BrN3O2S/c15-13-9(4-3-7-17-13)14(20)18-10-5-1-2-6-11(10)21-8-12(16)19/h1-7H,8H2,(H2,16,19)(H,18,20). The number of primary amides is 1. The van der Waals surface area contributed by atoms with Crippen LogP contribution in [0.2, 0.25) is 0 Å². The average Bonchev–Trinajstić information content (AvgIpc) is 2.46. The molecule has 3 N–H and O–H groups in total. The molecule has 0 bridgehead atoms. The number of thioether (sulfide) groups is 1. The van der Waals surface area contributed by atoms with Gasteiger partial charge >= 0.3 is 0 Å². The average molecular weight is 366 g/mol. The van der Waals surface area contributed by atoms with Gasteiger partial charge in [-0.05, 0) is 40.2 Å². The predicted octanol–water partition coefficient (Wildman–Crippen LogP) is 2.67. The molecule has 7 heteroatoms. The lowest BCUT2D eigenvalue weighted by Gasteiger charge is -2.10. The van der Waals surface area contributed by atoms with Crippen LogP contribution < -0.4 is 11.1 Å². The lowest BCUT2D eigenvalue weighted by molar-refractivity contribution is -0.115. The van der Waals surface area contributed by atoms with Gasteiger partial charge in [0.25, 0.3) is 5.91 Å². The van der Waals surface area contributed by atoms with Crippen LogP contribution in [0.15, 0.2) is 52.1 Å². The fraction of sp³-hybridized carbons (Fsp3) is 0.0714. The molecule has 0 spiro atoms. The molecule has 2 rings (SSSR count). The second-order valence-electron chi connectivity index (χ2n) is 4.05. The van der Waals surface area contributed by atoms with Gasteiger partial charge in [-0.15, -0.1) is 11.8 Å². The van der Waals surface area contributed by atoms with E-state index in [9.17, 15) is 9.59 Å². The Balaban J connectivity index is 2.18. The van der Waals surface area contributed by atoms with Crippen molar-refractivity contribution in [2.75, 3.05) is 11.1 Å². The van der Waals surface area contributed by atoms with E-state index in [1.54, 1.807) is 24.4 Å². The molecule has 0 aliphatic heterocycles. The summed E-state index contributed by atoms with van der Waals surface area (Å²) in [7, 11) is 0. The van der Waals surface area contributed by atoms with Gasteiger partial charge in [0.05, 0.1) is 17.0 Å². The van der Waals surface area contributed by atoms with Gasteiger partial charge in [0, 0.05) is 11.1 Å². The van der Waals surface area contributed by atoms with Crippen molar-refractivity contribution in [3.05, 3.63) is 52.8 Å². The SMILES string of the molecule is NC(=O)CSc1ccccc1NC(=O)c1cccnc1Br. The van der Waals surface area contributed by atoms with Crippen LogP contribution in [0, 0.1) is 0 Å². The fourth-order valence-corrected chi connectivity index (χ4v) is 2.77. The van der Waals surface area contributed by atoms with E-state index in [4.69, 9.17) is 5.73 Å². The predicted molar refractivity (Wildman–Crippen MR) is 86.3 cm³/mol. The van der Waals surface area contributed by atoms with Crippen molar-refractivity contribution in [2.24, 2.45) is 5.73 Å². The zero-order valence-corrected chi connectivity index (χ0v) is 13.3. The first-order valence-electron chi connectivity index (χ1n) is 6.00. The van der Waals surface area contributed by atoms with Gasteiger partial charge in [0.1, 0.15) is 4.60 Å². The molecule has 0 unspecified atom stereocenters. The summed E-state index contributed by atoms with van der Waals surface area (Å²) in [4.78, 5) is 27.9. The molecular formula is C14H12BrN3O2S. The summed E-state index contributed by atoms with van der Waals surface area (Å²) < 4.78 is 0.477. The maximum absolute atomic E-state index is 12.2. The van der Waals surface area contributed by atoms with E-state index in [2.05, 4.69) is 26.2 Å². The summed E-state index contributed by atoms with van der Waals surface area (Å²) in [6.45, 7) is 0. The van der Waals surface area contributed by atoms with Gasteiger partial charge in [-0.25, -0.2) is 4.98 Å². The van der Waals surface area contributed by atoms with Gasteiger partial charge < -0.3 is 11.1 Å². The van der Waals surface area contributed by atoms with Crippen LogP contribution in [-0.4, -0.2) is 22.6 Å². The second kappa shape index (κ2) is 7.24. The molecule has 0 atom stereocenters. The molecule has 0 aliphatic carbocycles. The van der Waals surface area contributed by atoms with Crippen molar-refractivity contribution in [1.29, 1.82) is 0 Å². The molecule has 0 aliphatic rings. The Morgan fingerprint density at radius 3 is 2.71 bits per heavy atom. The molecule has 2 aromatic rings. The third-order valence-electron chi connectivity index (χ3n) is 2.51. The third-order valence-corrected chi connectivity index (χ3v) is 4.24. The van der Waals surface area contributed by atoms with Crippen LogP contribution in [0.25, 0.3) is 0 Å². The highest BCUT2D eigenvalue weighted by atomic mass is 79.9. The number of nitrogens with one attached hydrogen (secondary N) is 1. The number of carbonyl (C=O) groups is 2. The normalized spacial score (nSPS) is 10.1. The van der Waals surface area contributed by atoms with Crippen LogP contribution in [-0.2, 0) is 4.79 Å². The number of aromatic nitrogens is 1. The minimum atomic E-state index is -0.406. The molecular weight excluding hydrogens is 354 g/mol. The first-order valence-corrected chi connectivity index (χ1v) is 7.78. The van der Waals surface area contributed by atoms with E-state index in [1.165, 1.54) is 11.8 Å². The quantitative estimate of drug-likeness (QED) is 0.629. The van der Waals surface area contributed by atoms with E-state index in [-0.39, 0.29) is 11.7 Å². The lowest BCUT2D eigenvalue weighted by atomic mass is 10.2. The Labute approximate surface area is 134 Å². The number of hydrogen-bond donors (Lipinski definition) is 2. The molecule has 1 heterocycles. The summed E-state index contributed by atoms with van der Waals surface area (Å²) in [5.74, 6) is -0.526. The number of rotatable bonds is 5. The lowest BCUT2D eigenvalue weighted by Crippen LogP contribution is -2.15. The Kier molecular flexibility index (Phi) is 5.35. The molecule has 5 nitrogen and oxygen atoms in total. The van der Waals surface area contributed by atoms with Crippen molar-refractivity contribution < 1.29 is 9.59 Å². The van der Waals surface area contributed by atoms with Crippen molar-refractivity contribution >= 4 is 45.2 Å². The number of amides is 2. The largest absolute Gasteiger partial charge is 0.369 e. The molecule has 0 radical (unpaired) electrons. The topological polar surface area (TPSA) is 85.1 Å². The van der Waals surface area contributed by atoms with E-state index < -0.39 is 5.91 Å². The minimum absolute atomic E-state index is 0.156. The third kappa shape index (κ3) is 4.30. The second-order valence-corrected chi connectivity index (χ2v) is 5.82. The maximum atomic E-state index is 12.2. The van der Waals surface area contributed by atoms with Crippen LogP contribution in [0.4, 0.5) is 5.69 Å². The van der Waals surface area contributed by atoms with Gasteiger partial charge in [-0.1, -0.05) is 12.1 Å². The van der Waals surface area contributed by atoms with E-state index in [1.807, 2.05) is 18.2 Å². The smallest absolute Gasteiger partial charge is 0.258 e. The number of anilines is 1. The molecule has 0 saturated carbocycles. The highest BCUT2D eigenvalue weighted by Crippen LogP contribution is 2.27. The Bertz CT molecular complexity index is 679. The van der Waals surface area contributed by atoms with E-state index in [0.717, 1.165) is 4.90 Å². The Hall–Kier alpha value is -1.86.